The summed E-state index contributed by atoms with van der Waals surface area (Å²) in [5.74, 6) is -0.185. The Labute approximate surface area is 111 Å². The van der Waals surface area contributed by atoms with E-state index in [1.54, 1.807) is 6.08 Å². The highest BCUT2D eigenvalue weighted by Gasteiger charge is 2.14. The van der Waals surface area contributed by atoms with Crippen LogP contribution in [0.2, 0.25) is 5.02 Å². The van der Waals surface area contributed by atoms with Gasteiger partial charge in [-0.3, -0.25) is 0 Å². The summed E-state index contributed by atoms with van der Waals surface area (Å²) in [6.45, 7) is 7.39. The zero-order valence-electron chi connectivity index (χ0n) is 9.82. The number of halogens is 1. The Morgan fingerprint density at radius 1 is 1.33 bits per heavy atom. The van der Waals surface area contributed by atoms with Crippen LogP contribution in [0.4, 0.5) is 5.69 Å². The van der Waals surface area contributed by atoms with Gasteiger partial charge in [-0.2, -0.15) is 0 Å². The maximum Gasteiger partial charge on any atom is 0.338 e. The molecule has 0 atom stereocenters. The SMILES string of the molecule is C=CCOC(=O)c1cc(N)c(OCC=C)c(Cl)c1. The monoisotopic (exact) mass is 267 g/mol. The first kappa shape index (κ1) is 14.1. The average Bonchev–Trinajstić information content (AvgIpc) is 2.34. The number of rotatable bonds is 6. The van der Waals surface area contributed by atoms with Crippen LogP contribution in [0.3, 0.4) is 0 Å². The van der Waals surface area contributed by atoms with Crippen LogP contribution in [0.25, 0.3) is 0 Å². The van der Waals surface area contributed by atoms with E-state index in [0.717, 1.165) is 0 Å². The summed E-state index contributed by atoms with van der Waals surface area (Å²) in [5.41, 5.74) is 6.30. The Kier molecular flexibility index (Phi) is 5.27. The summed E-state index contributed by atoms with van der Waals surface area (Å²) in [4.78, 5) is 11.6. The van der Waals surface area contributed by atoms with Gasteiger partial charge in [0.2, 0.25) is 0 Å². The van der Waals surface area contributed by atoms with Crippen LogP contribution in [0.1, 0.15) is 10.4 Å². The van der Waals surface area contributed by atoms with E-state index in [-0.39, 0.29) is 29.5 Å². The summed E-state index contributed by atoms with van der Waals surface area (Å²) in [6, 6.07) is 2.90. The lowest BCUT2D eigenvalue weighted by molar-refractivity contribution is 0.0550. The molecule has 0 heterocycles. The van der Waals surface area contributed by atoms with Crippen LogP contribution < -0.4 is 10.5 Å². The molecule has 1 aromatic rings. The molecule has 0 saturated heterocycles. The van der Waals surface area contributed by atoms with E-state index >= 15 is 0 Å². The lowest BCUT2D eigenvalue weighted by atomic mass is 10.2. The Hall–Kier alpha value is -1.94. The maximum atomic E-state index is 11.6. The molecule has 0 bridgehead atoms. The Bertz CT molecular complexity index is 448. The number of esters is 1. The minimum Gasteiger partial charge on any atom is -0.486 e. The number of carbonyl (C=O) groups excluding carboxylic acids is 1. The topological polar surface area (TPSA) is 61.5 Å². The van der Waals surface area contributed by atoms with Gasteiger partial charge in [-0.25, -0.2) is 4.79 Å². The third-order valence-corrected chi connectivity index (χ3v) is 2.27. The van der Waals surface area contributed by atoms with Crippen LogP contribution >= 0.6 is 11.6 Å². The number of ether oxygens (including phenoxy) is 2. The molecule has 0 amide bonds. The van der Waals surface area contributed by atoms with Gasteiger partial charge < -0.3 is 15.2 Å². The molecule has 1 rings (SSSR count). The predicted molar refractivity (Wildman–Crippen MR) is 72.0 cm³/mol. The zero-order chi connectivity index (χ0) is 13.5. The summed E-state index contributed by atoms with van der Waals surface area (Å²) >= 11 is 5.98. The van der Waals surface area contributed by atoms with Crippen molar-refractivity contribution in [1.82, 2.24) is 0 Å². The highest BCUT2D eigenvalue weighted by molar-refractivity contribution is 6.33. The van der Waals surface area contributed by atoms with E-state index in [4.69, 9.17) is 26.8 Å². The van der Waals surface area contributed by atoms with E-state index in [2.05, 4.69) is 13.2 Å². The molecule has 0 aromatic heterocycles. The van der Waals surface area contributed by atoms with Gasteiger partial charge in [0.25, 0.3) is 0 Å². The number of anilines is 1. The van der Waals surface area contributed by atoms with Crippen LogP contribution in [-0.4, -0.2) is 19.2 Å². The molecular weight excluding hydrogens is 254 g/mol. The van der Waals surface area contributed by atoms with E-state index in [1.165, 1.54) is 18.2 Å². The van der Waals surface area contributed by atoms with Gasteiger partial charge in [0, 0.05) is 0 Å². The maximum absolute atomic E-state index is 11.6. The molecule has 0 aliphatic rings. The zero-order valence-corrected chi connectivity index (χ0v) is 10.6. The molecule has 18 heavy (non-hydrogen) atoms. The summed E-state index contributed by atoms with van der Waals surface area (Å²) in [5, 5.41) is 0.252. The van der Waals surface area contributed by atoms with Gasteiger partial charge in [0.15, 0.2) is 5.75 Å². The van der Waals surface area contributed by atoms with Crippen LogP contribution in [0, 0.1) is 0 Å². The molecule has 0 saturated carbocycles. The summed E-state index contributed by atoms with van der Waals surface area (Å²) < 4.78 is 10.2. The van der Waals surface area contributed by atoms with Crippen LogP contribution in [-0.2, 0) is 4.74 Å². The molecule has 0 aliphatic heterocycles. The van der Waals surface area contributed by atoms with Crippen LogP contribution in [0.5, 0.6) is 5.75 Å². The lowest BCUT2D eigenvalue weighted by Crippen LogP contribution is -2.07. The van der Waals surface area contributed by atoms with E-state index < -0.39 is 5.97 Å². The second kappa shape index (κ2) is 6.71. The van der Waals surface area contributed by atoms with Crippen molar-refractivity contribution >= 4 is 23.3 Å². The highest BCUT2D eigenvalue weighted by Crippen LogP contribution is 2.32. The molecule has 0 aliphatic carbocycles. The van der Waals surface area contributed by atoms with Gasteiger partial charge in [-0.15, -0.1) is 0 Å². The quantitative estimate of drug-likeness (QED) is 0.489. The van der Waals surface area contributed by atoms with Gasteiger partial charge in [-0.1, -0.05) is 36.9 Å². The lowest BCUT2D eigenvalue weighted by Gasteiger charge is -2.11. The van der Waals surface area contributed by atoms with E-state index in [1.807, 2.05) is 0 Å². The number of carbonyl (C=O) groups is 1. The van der Waals surface area contributed by atoms with Gasteiger partial charge in [0.05, 0.1) is 16.3 Å². The summed E-state index contributed by atoms with van der Waals surface area (Å²) in [6.07, 6.45) is 3.05. The standard InChI is InChI=1S/C13H14ClNO3/c1-3-5-17-12-10(14)7-9(8-11(12)15)13(16)18-6-4-2/h3-4,7-8H,1-2,5-6,15H2. The third kappa shape index (κ3) is 3.53. The van der Waals surface area contributed by atoms with Crippen molar-refractivity contribution in [2.45, 2.75) is 0 Å². The van der Waals surface area contributed by atoms with E-state index in [0.29, 0.717) is 5.75 Å². The second-order valence-electron chi connectivity index (χ2n) is 3.36. The first-order valence-electron chi connectivity index (χ1n) is 5.21. The molecule has 5 heteroatoms. The number of hydrogen-bond acceptors (Lipinski definition) is 4. The molecule has 1 aromatic carbocycles. The van der Waals surface area contributed by atoms with Crippen LogP contribution in [0.15, 0.2) is 37.4 Å². The van der Waals surface area contributed by atoms with Crippen molar-refractivity contribution in [3.63, 3.8) is 0 Å². The summed E-state index contributed by atoms with van der Waals surface area (Å²) in [7, 11) is 0. The molecular formula is C13H14ClNO3. The molecule has 0 unspecified atom stereocenters. The fourth-order valence-electron chi connectivity index (χ4n) is 1.25. The number of nitrogens with two attached hydrogens (primary N) is 1. The first-order chi connectivity index (χ1) is 8.60. The average molecular weight is 268 g/mol. The van der Waals surface area contributed by atoms with Crippen molar-refractivity contribution < 1.29 is 14.3 Å². The highest BCUT2D eigenvalue weighted by atomic mass is 35.5. The fourth-order valence-corrected chi connectivity index (χ4v) is 1.53. The first-order valence-corrected chi connectivity index (χ1v) is 5.58. The minimum atomic E-state index is -0.515. The Morgan fingerprint density at radius 3 is 2.56 bits per heavy atom. The van der Waals surface area contributed by atoms with Gasteiger partial charge >= 0.3 is 5.97 Å². The van der Waals surface area contributed by atoms with Crippen molar-refractivity contribution in [2.75, 3.05) is 18.9 Å². The molecule has 0 spiro atoms. The number of nitrogen functional groups attached to an aromatic ring is 1. The molecule has 96 valence electrons. The molecule has 2 N–H and O–H groups in total. The van der Waals surface area contributed by atoms with Gasteiger partial charge in [-0.05, 0) is 12.1 Å². The largest absolute Gasteiger partial charge is 0.486 e. The fraction of sp³-hybridized carbons (Fsp3) is 0.154. The minimum absolute atomic E-state index is 0.130. The normalized spacial score (nSPS) is 9.61. The van der Waals surface area contributed by atoms with Crippen molar-refractivity contribution in [1.29, 1.82) is 0 Å². The smallest absolute Gasteiger partial charge is 0.338 e. The molecule has 0 radical (unpaired) electrons. The number of benzene rings is 1. The van der Waals surface area contributed by atoms with Gasteiger partial charge in [0.1, 0.15) is 13.2 Å². The number of hydrogen-bond donors (Lipinski definition) is 1. The van der Waals surface area contributed by atoms with E-state index in [9.17, 15) is 4.79 Å². The third-order valence-electron chi connectivity index (χ3n) is 1.99. The second-order valence-corrected chi connectivity index (χ2v) is 3.77. The predicted octanol–water partition coefficient (Wildman–Crippen LogP) is 2.83. The van der Waals surface area contributed by atoms with Crippen molar-refractivity contribution in [2.24, 2.45) is 0 Å². The Balaban J connectivity index is 2.94. The molecule has 4 nitrogen and oxygen atoms in total. The van der Waals surface area contributed by atoms with Crippen molar-refractivity contribution in [3.05, 3.63) is 48.0 Å². The Morgan fingerprint density at radius 2 is 2.00 bits per heavy atom. The molecule has 0 fully saturated rings. The van der Waals surface area contributed by atoms with Crippen molar-refractivity contribution in [3.8, 4) is 5.75 Å².